The third kappa shape index (κ3) is 4.58. The van der Waals surface area contributed by atoms with E-state index in [-0.39, 0.29) is 56.3 Å². The van der Waals surface area contributed by atoms with E-state index in [9.17, 15) is 9.50 Å². The van der Waals surface area contributed by atoms with Crippen LogP contribution in [-0.4, -0.2) is 69.9 Å². The summed E-state index contributed by atoms with van der Waals surface area (Å²) in [6.45, 7) is 8.06. The number of fused-ring (bicyclic) bond motifs is 5. The minimum atomic E-state index is -0.956. The van der Waals surface area contributed by atoms with Crippen LogP contribution in [0.1, 0.15) is 51.5 Å². The van der Waals surface area contributed by atoms with Crippen molar-refractivity contribution >= 4 is 27.5 Å². The number of rotatable bonds is 5. The highest BCUT2D eigenvalue weighted by Gasteiger charge is 2.48. The van der Waals surface area contributed by atoms with Crippen LogP contribution in [0.5, 0.6) is 11.8 Å². The predicted octanol–water partition coefficient (Wildman–Crippen LogP) is 6.14. The van der Waals surface area contributed by atoms with E-state index in [0.717, 1.165) is 45.2 Å². The van der Waals surface area contributed by atoms with Crippen LogP contribution in [0.15, 0.2) is 30.3 Å². The summed E-state index contributed by atoms with van der Waals surface area (Å²) in [5.74, 6) is 0.498. The Bertz CT molecular complexity index is 1960. The van der Waals surface area contributed by atoms with Gasteiger partial charge in [-0.1, -0.05) is 18.9 Å². The highest BCUT2D eigenvalue weighted by Crippen LogP contribution is 2.44. The lowest BCUT2D eigenvalue weighted by atomic mass is 9.91. The molecule has 4 aliphatic rings. The second-order valence-electron chi connectivity index (χ2n) is 14.1. The molecule has 4 atom stereocenters. The molecule has 0 spiro atoms. The molecular formula is C36H36F3N5O2. The maximum atomic E-state index is 16.9. The van der Waals surface area contributed by atoms with Gasteiger partial charge in [-0.2, -0.15) is 9.97 Å². The van der Waals surface area contributed by atoms with E-state index in [1.54, 1.807) is 0 Å². The number of nitrogens with one attached hydrogen (secondary N) is 1. The number of aromatic nitrogens is 2. The van der Waals surface area contributed by atoms with Gasteiger partial charge in [0.05, 0.1) is 16.7 Å². The Balaban J connectivity index is 1.31. The van der Waals surface area contributed by atoms with Crippen molar-refractivity contribution in [2.75, 3.05) is 37.7 Å². The van der Waals surface area contributed by atoms with Crippen molar-refractivity contribution in [3.8, 4) is 35.2 Å². The lowest BCUT2D eigenvalue weighted by Gasteiger charge is -2.40. The number of terminal acetylenes is 1. The van der Waals surface area contributed by atoms with Gasteiger partial charge in [0.1, 0.15) is 35.3 Å². The van der Waals surface area contributed by atoms with Crippen molar-refractivity contribution in [1.82, 2.24) is 20.2 Å². The van der Waals surface area contributed by atoms with Gasteiger partial charge in [0, 0.05) is 47.6 Å². The smallest absolute Gasteiger partial charge is 0.319 e. The van der Waals surface area contributed by atoms with Crippen molar-refractivity contribution in [3.05, 3.63) is 53.3 Å². The Labute approximate surface area is 265 Å². The monoisotopic (exact) mass is 627 g/mol. The van der Waals surface area contributed by atoms with E-state index < -0.39 is 23.0 Å². The number of nitrogens with zero attached hydrogens (tertiary/aromatic N) is 4. The first-order valence-electron chi connectivity index (χ1n) is 16.1. The first-order chi connectivity index (χ1) is 22.1. The number of hydrogen-bond donors (Lipinski definition) is 2. The van der Waals surface area contributed by atoms with E-state index >= 15 is 8.78 Å². The molecular weight excluding hydrogens is 591 g/mol. The van der Waals surface area contributed by atoms with Crippen molar-refractivity contribution < 1.29 is 23.0 Å². The Morgan fingerprint density at radius 2 is 1.98 bits per heavy atom. The first-order valence-corrected chi connectivity index (χ1v) is 16.1. The lowest BCUT2D eigenvalue weighted by molar-refractivity contribution is 0.107. The molecule has 2 bridgehead atoms. The number of phenolic OH excluding ortho intramolecular Hbond substituents is 1. The summed E-state index contributed by atoms with van der Waals surface area (Å²) >= 11 is 0. The first kappa shape index (κ1) is 29.3. The molecule has 5 heterocycles. The van der Waals surface area contributed by atoms with Crippen LogP contribution < -0.4 is 15.0 Å². The van der Waals surface area contributed by atoms with Crippen LogP contribution in [0.3, 0.4) is 0 Å². The zero-order valence-electron chi connectivity index (χ0n) is 26.0. The Morgan fingerprint density at radius 3 is 2.78 bits per heavy atom. The van der Waals surface area contributed by atoms with Crippen molar-refractivity contribution in [2.24, 2.45) is 5.92 Å². The topological polar surface area (TPSA) is 73.8 Å². The molecule has 238 valence electrons. The van der Waals surface area contributed by atoms with Gasteiger partial charge in [-0.05, 0) is 81.1 Å². The molecule has 0 saturated carbocycles. The minimum absolute atomic E-state index is 0.0342. The van der Waals surface area contributed by atoms with Gasteiger partial charge in [0.2, 0.25) is 0 Å². The third-order valence-corrected chi connectivity index (χ3v) is 10.7. The van der Waals surface area contributed by atoms with Crippen LogP contribution in [0.25, 0.3) is 32.8 Å². The molecule has 3 aromatic carbocycles. The molecule has 4 aliphatic heterocycles. The molecule has 8 rings (SSSR count). The van der Waals surface area contributed by atoms with Crippen molar-refractivity contribution in [1.29, 1.82) is 0 Å². The SMILES string of the molecule is C#Cc1c(F)ccc2cc(O)cc(-c3c(F)cc4c(N5CC6CC[C@@](C)(C5)N6)nc(OC[C@@]56CCCN5C[C@H](C)C6)nc4c3F)c12. The zero-order chi connectivity index (χ0) is 32.0. The molecule has 4 aromatic rings. The molecule has 2 N–H and O–H groups in total. The third-order valence-electron chi connectivity index (χ3n) is 10.7. The van der Waals surface area contributed by atoms with Gasteiger partial charge >= 0.3 is 6.01 Å². The largest absolute Gasteiger partial charge is 0.508 e. The van der Waals surface area contributed by atoms with Gasteiger partial charge in [0.25, 0.3) is 0 Å². The van der Waals surface area contributed by atoms with E-state index in [1.807, 2.05) is 0 Å². The summed E-state index contributed by atoms with van der Waals surface area (Å²) in [6.07, 6.45) is 10.8. The molecule has 0 radical (unpaired) electrons. The lowest BCUT2D eigenvalue weighted by Crippen LogP contribution is -2.58. The average Bonchev–Trinajstić information content (AvgIpc) is 3.63. The number of halogens is 3. The number of hydrogen-bond acceptors (Lipinski definition) is 7. The summed E-state index contributed by atoms with van der Waals surface area (Å²) < 4.78 is 54.5. The fourth-order valence-corrected chi connectivity index (χ4v) is 8.80. The highest BCUT2D eigenvalue weighted by atomic mass is 19.1. The molecule has 4 fully saturated rings. The maximum absolute atomic E-state index is 16.9. The number of piperazine rings is 1. The van der Waals surface area contributed by atoms with Gasteiger partial charge in [-0.25, -0.2) is 13.2 Å². The summed E-state index contributed by atoms with van der Waals surface area (Å²) in [4.78, 5) is 14.0. The normalized spacial score (nSPS) is 27.4. The maximum Gasteiger partial charge on any atom is 0.319 e. The average molecular weight is 628 g/mol. The highest BCUT2D eigenvalue weighted by molar-refractivity contribution is 6.04. The molecule has 0 aliphatic carbocycles. The number of anilines is 1. The quantitative estimate of drug-likeness (QED) is 0.258. The molecule has 7 nitrogen and oxygen atoms in total. The summed E-state index contributed by atoms with van der Waals surface area (Å²) in [6, 6.07) is 6.69. The van der Waals surface area contributed by atoms with Gasteiger partial charge < -0.3 is 20.1 Å². The summed E-state index contributed by atoms with van der Waals surface area (Å²) in [7, 11) is 0. The fraction of sp³-hybridized carbons (Fsp3) is 0.444. The number of phenols is 1. The van der Waals surface area contributed by atoms with Crippen LogP contribution >= 0.6 is 0 Å². The predicted molar refractivity (Wildman–Crippen MR) is 172 cm³/mol. The molecule has 0 amide bonds. The molecule has 46 heavy (non-hydrogen) atoms. The number of ether oxygens (including phenoxy) is 1. The van der Waals surface area contributed by atoms with E-state index in [4.69, 9.17) is 16.1 Å². The van der Waals surface area contributed by atoms with E-state index in [1.165, 1.54) is 30.3 Å². The Kier molecular flexibility index (Phi) is 6.68. The van der Waals surface area contributed by atoms with Crippen LogP contribution in [0.4, 0.5) is 19.0 Å². The minimum Gasteiger partial charge on any atom is -0.508 e. The summed E-state index contributed by atoms with van der Waals surface area (Å²) in [5, 5.41) is 14.9. The molecule has 1 unspecified atom stereocenters. The zero-order valence-corrected chi connectivity index (χ0v) is 26.0. The van der Waals surface area contributed by atoms with E-state index in [2.05, 4.69) is 39.9 Å². The Hall–Kier alpha value is -4.07. The molecule has 4 saturated heterocycles. The van der Waals surface area contributed by atoms with Gasteiger partial charge in [-0.3, -0.25) is 4.90 Å². The number of benzene rings is 3. The summed E-state index contributed by atoms with van der Waals surface area (Å²) in [5.41, 5.74) is -1.03. The second kappa shape index (κ2) is 10.5. The molecule has 10 heteroatoms. The standard InChI is InChI=1S/C36H36F3N5O2/c1-4-24-27(37)7-6-21-12-23(45)13-25(29(21)24)30-28(38)14-26-32(31(30)39)40-34(46-19-36-9-5-11-44(36)16-20(2)15-36)41-33(26)43-17-22-8-10-35(3,18-43)42-22/h1,6-7,12-14,20,22,42,45H,5,8-11,15-19H2,2-3H3/t20-,22?,35+,36+/m1/s1. The van der Waals surface area contributed by atoms with Gasteiger partial charge in [0.15, 0.2) is 5.82 Å². The fourth-order valence-electron chi connectivity index (χ4n) is 8.80. The van der Waals surface area contributed by atoms with Gasteiger partial charge in [-0.15, -0.1) is 6.42 Å². The van der Waals surface area contributed by atoms with Crippen LogP contribution in [-0.2, 0) is 0 Å². The van der Waals surface area contributed by atoms with Crippen LogP contribution in [0.2, 0.25) is 0 Å². The number of aromatic hydroxyl groups is 1. The molecule has 1 aromatic heterocycles. The van der Waals surface area contributed by atoms with Crippen molar-refractivity contribution in [3.63, 3.8) is 0 Å². The van der Waals surface area contributed by atoms with Crippen LogP contribution in [0, 0.1) is 35.7 Å². The van der Waals surface area contributed by atoms with Crippen molar-refractivity contribution in [2.45, 2.75) is 63.1 Å². The second-order valence-corrected chi connectivity index (χ2v) is 14.1. The Morgan fingerprint density at radius 1 is 1.13 bits per heavy atom. The van der Waals surface area contributed by atoms with E-state index in [0.29, 0.717) is 36.8 Å².